The second-order valence-corrected chi connectivity index (χ2v) is 16.8. The zero-order valence-electron chi connectivity index (χ0n) is 38.0. The molecule has 0 unspecified atom stereocenters. The molecule has 0 atom stereocenters. The Morgan fingerprint density at radius 1 is 0.746 bits per heavy atom. The fraction of sp³-hybridized carbons (Fsp3) is 0.479. The molecule has 3 aliphatic rings. The molecule has 7 rings (SSSR count). The largest absolute Gasteiger partial charge is 0.383 e. The zero-order valence-corrected chi connectivity index (χ0v) is 38.8. The van der Waals surface area contributed by atoms with Crippen LogP contribution in [0.3, 0.4) is 0 Å². The van der Waals surface area contributed by atoms with E-state index in [9.17, 15) is 14.4 Å². The molecule has 3 amide bonds. The van der Waals surface area contributed by atoms with Crippen LogP contribution in [0.15, 0.2) is 71.3 Å². The summed E-state index contributed by atoms with van der Waals surface area (Å²) in [5.74, 6) is -0.105. The van der Waals surface area contributed by atoms with E-state index in [-0.39, 0.29) is 11.6 Å². The summed E-state index contributed by atoms with van der Waals surface area (Å²) in [6.07, 6.45) is 6.75. The zero-order chi connectivity index (χ0) is 44.9. The Bertz CT molecular complexity index is 2270. The molecular formula is C48H66ClN11O3. The van der Waals surface area contributed by atoms with Crippen LogP contribution in [0.5, 0.6) is 0 Å². The number of aromatic nitrogens is 3. The molecule has 3 fully saturated rings. The van der Waals surface area contributed by atoms with E-state index in [2.05, 4.69) is 71.1 Å². The van der Waals surface area contributed by atoms with Gasteiger partial charge in [0.05, 0.1) is 16.4 Å². The van der Waals surface area contributed by atoms with Gasteiger partial charge in [-0.1, -0.05) is 57.0 Å². The van der Waals surface area contributed by atoms with Gasteiger partial charge in [0.25, 0.3) is 11.5 Å². The maximum atomic E-state index is 14.0. The van der Waals surface area contributed by atoms with Gasteiger partial charge in [-0.15, -0.1) is 0 Å². The number of hydrogen-bond donors (Lipinski definition) is 4. The number of amides is 3. The van der Waals surface area contributed by atoms with Gasteiger partial charge in [-0.3, -0.25) is 24.4 Å². The number of urea groups is 1. The maximum absolute atomic E-state index is 14.0. The third-order valence-corrected chi connectivity index (χ3v) is 12.0. The minimum atomic E-state index is -0.597. The molecular weight excluding hydrogens is 814 g/mol. The molecule has 4 aromatic rings. The van der Waals surface area contributed by atoms with Gasteiger partial charge >= 0.3 is 6.03 Å². The van der Waals surface area contributed by atoms with Gasteiger partial charge in [0.1, 0.15) is 5.69 Å². The van der Waals surface area contributed by atoms with E-state index in [1.54, 1.807) is 12.3 Å². The summed E-state index contributed by atoms with van der Waals surface area (Å²) in [5.41, 5.74) is 8.04. The third-order valence-electron chi connectivity index (χ3n) is 11.7. The average molecular weight is 881 g/mol. The highest BCUT2D eigenvalue weighted by molar-refractivity contribution is 6.33. The van der Waals surface area contributed by atoms with Crippen LogP contribution in [-0.4, -0.2) is 139 Å². The molecule has 338 valence electrons. The molecule has 63 heavy (non-hydrogen) atoms. The lowest BCUT2D eigenvalue weighted by atomic mass is 9.96. The Morgan fingerprint density at radius 2 is 1.38 bits per heavy atom. The number of carbonyl (C=O) groups is 2. The smallest absolute Gasteiger partial charge is 0.323 e. The molecule has 0 spiro atoms. The van der Waals surface area contributed by atoms with E-state index < -0.39 is 11.6 Å². The number of nitrogens with one attached hydrogen (secondary N) is 4. The Hall–Kier alpha value is -5.12. The number of aryl methyl sites for hydroxylation is 2. The molecule has 0 radical (unpaired) electrons. The average Bonchev–Trinajstić information content (AvgIpc) is 4.14. The molecule has 0 bridgehead atoms. The number of benzene rings is 2. The number of nitrogens with zero attached hydrogens (tertiary/aromatic N) is 7. The van der Waals surface area contributed by atoms with Crippen molar-refractivity contribution in [2.45, 2.75) is 59.9 Å². The van der Waals surface area contributed by atoms with Gasteiger partial charge in [-0.25, -0.2) is 9.48 Å². The number of anilines is 2. The Labute approximate surface area is 378 Å². The number of allylic oxidation sites excluding steroid dienone is 1. The summed E-state index contributed by atoms with van der Waals surface area (Å²) in [4.78, 5) is 54.6. The first-order chi connectivity index (χ1) is 30.6. The number of carbonyl (C=O) groups excluding carboxylic acids is 2. The highest BCUT2D eigenvalue weighted by Crippen LogP contribution is 2.37. The minimum absolute atomic E-state index is 0.0813. The van der Waals surface area contributed by atoms with Crippen LogP contribution in [-0.2, 0) is 13.0 Å². The van der Waals surface area contributed by atoms with E-state index >= 15 is 0 Å². The van der Waals surface area contributed by atoms with Crippen molar-refractivity contribution in [3.63, 3.8) is 0 Å². The molecule has 2 aromatic heterocycles. The highest BCUT2D eigenvalue weighted by Gasteiger charge is 2.23. The van der Waals surface area contributed by atoms with Crippen molar-refractivity contribution in [2.24, 2.45) is 0 Å². The number of halogens is 1. The first kappa shape index (κ1) is 47.4. The van der Waals surface area contributed by atoms with E-state index in [1.165, 1.54) is 16.5 Å². The molecule has 14 nitrogen and oxygen atoms in total. The summed E-state index contributed by atoms with van der Waals surface area (Å²) in [7, 11) is 4.32. The van der Waals surface area contributed by atoms with Gasteiger partial charge < -0.3 is 31.1 Å². The number of likely N-dealkylation sites (N-methyl/N-ethyl adjacent to an activating group) is 2. The van der Waals surface area contributed by atoms with Gasteiger partial charge in [0, 0.05) is 114 Å². The van der Waals surface area contributed by atoms with Crippen molar-refractivity contribution >= 4 is 40.6 Å². The number of piperazine rings is 2. The lowest BCUT2D eigenvalue weighted by Gasteiger charge is -2.32. The highest BCUT2D eigenvalue weighted by atomic mass is 35.5. The molecule has 2 aliphatic heterocycles. The molecule has 15 heteroatoms. The number of hydrogen-bond acceptors (Lipinski definition) is 10. The number of pyridine rings is 1. The molecule has 1 saturated carbocycles. The quantitative estimate of drug-likeness (QED) is 0.0975. The monoisotopic (exact) mass is 880 g/mol. The van der Waals surface area contributed by atoms with Crippen molar-refractivity contribution in [3.8, 4) is 22.4 Å². The fourth-order valence-electron chi connectivity index (χ4n) is 7.91. The molecule has 1 aliphatic carbocycles. The molecule has 2 aromatic carbocycles. The normalized spacial score (nSPS) is 15.9. The minimum Gasteiger partial charge on any atom is -0.383 e. The van der Waals surface area contributed by atoms with Crippen molar-refractivity contribution in [1.29, 1.82) is 0 Å². The first-order valence-electron chi connectivity index (χ1n) is 22.7. The molecule has 4 heterocycles. The Balaban J connectivity index is 0.00000326. The topological polar surface area (TPSA) is 143 Å². The van der Waals surface area contributed by atoms with Crippen LogP contribution in [0.1, 0.15) is 68.4 Å². The lowest BCUT2D eigenvalue weighted by molar-refractivity contribution is 0.0941. The van der Waals surface area contributed by atoms with Crippen molar-refractivity contribution in [2.75, 3.05) is 103 Å². The van der Waals surface area contributed by atoms with Crippen LogP contribution in [0.4, 0.5) is 16.2 Å². The summed E-state index contributed by atoms with van der Waals surface area (Å²) in [6, 6.07) is 15.1. The second-order valence-electron chi connectivity index (χ2n) is 16.4. The van der Waals surface area contributed by atoms with Gasteiger partial charge in [0.15, 0.2) is 0 Å². The Kier molecular flexibility index (Phi) is 17.3. The fourth-order valence-corrected chi connectivity index (χ4v) is 8.14. The van der Waals surface area contributed by atoms with E-state index in [0.29, 0.717) is 41.5 Å². The van der Waals surface area contributed by atoms with Crippen molar-refractivity contribution in [1.82, 2.24) is 45.0 Å². The Morgan fingerprint density at radius 3 is 2.02 bits per heavy atom. The molecule has 4 N–H and O–H groups in total. The maximum Gasteiger partial charge on any atom is 0.323 e. The number of rotatable bonds is 16. The third kappa shape index (κ3) is 13.0. The molecule has 2 saturated heterocycles. The summed E-state index contributed by atoms with van der Waals surface area (Å²) < 4.78 is 1.34. The summed E-state index contributed by atoms with van der Waals surface area (Å²) >= 11 is 6.43. The summed E-state index contributed by atoms with van der Waals surface area (Å²) in [6.45, 7) is 19.6. The van der Waals surface area contributed by atoms with E-state index in [1.807, 2.05) is 64.1 Å². The predicted molar refractivity (Wildman–Crippen MR) is 257 cm³/mol. The van der Waals surface area contributed by atoms with Crippen LogP contribution in [0.2, 0.25) is 5.02 Å². The van der Waals surface area contributed by atoms with Crippen LogP contribution in [0.25, 0.3) is 28.1 Å². The van der Waals surface area contributed by atoms with Gasteiger partial charge in [-0.2, -0.15) is 5.10 Å². The predicted octanol–water partition coefficient (Wildman–Crippen LogP) is 6.59. The van der Waals surface area contributed by atoms with Crippen LogP contribution < -0.4 is 26.8 Å². The van der Waals surface area contributed by atoms with Crippen molar-refractivity contribution < 1.29 is 9.59 Å². The lowest BCUT2D eigenvalue weighted by Crippen LogP contribution is -2.46. The van der Waals surface area contributed by atoms with Crippen LogP contribution >= 0.6 is 11.6 Å². The van der Waals surface area contributed by atoms with E-state index in [0.717, 1.165) is 125 Å². The van der Waals surface area contributed by atoms with Crippen molar-refractivity contribution in [3.05, 3.63) is 98.6 Å². The standard InChI is InChI=1S/C46H60ClN11O3.C2H6/c1-5-8-35-30-48-31-39(47)43(35)52-46(61)51-41-29-40(53-58(6-2)45(41)60)34-10-7-9-33(25-34)36-26-37(42(32-11-12-32)49-13-15-56-21-17-54(3)18-22-56)28-38(27-36)44(59)50-14-16-57-23-19-55(4)20-24-57;1-2/h7,9-10,25-31,49H,5-6,8,11-24H2,1-4H3,(H,50,59)(H2,48,51,52,61);1-2H3. The van der Waals surface area contributed by atoms with Gasteiger partial charge in [0.2, 0.25) is 0 Å². The van der Waals surface area contributed by atoms with Crippen LogP contribution in [0, 0.1) is 0 Å². The SMILES string of the molecule is CC.CCCc1cncc(Cl)c1NC(=O)Nc1cc(-c2cccc(-c3cc(C(=O)NCCN4CCN(C)CC4)cc(C(NCCN4CCN(C)CC4)=C4CC4)c3)c2)nn(CC)c1=O. The summed E-state index contributed by atoms with van der Waals surface area (Å²) in [5, 5.41) is 17.6. The van der Waals surface area contributed by atoms with Gasteiger partial charge in [-0.05, 0) is 98.4 Å². The van der Waals surface area contributed by atoms with E-state index in [4.69, 9.17) is 11.6 Å². The first-order valence-corrected chi connectivity index (χ1v) is 23.1. The second kappa shape index (κ2) is 23.0.